The first kappa shape index (κ1) is 18.8. The molecule has 0 unspecified atom stereocenters. The molecule has 0 saturated heterocycles. The van der Waals surface area contributed by atoms with Gasteiger partial charge in [-0.15, -0.1) is 0 Å². The maximum atomic E-state index is 13.0. The van der Waals surface area contributed by atoms with E-state index in [1.807, 2.05) is 24.3 Å². The zero-order valence-electron chi connectivity index (χ0n) is 15.2. The van der Waals surface area contributed by atoms with Crippen LogP contribution in [0.1, 0.15) is 16.1 Å². The van der Waals surface area contributed by atoms with E-state index in [-0.39, 0.29) is 18.2 Å². The Labute approximate surface area is 171 Å². The minimum atomic E-state index is -0.398. The third kappa shape index (κ3) is 4.15. The van der Waals surface area contributed by atoms with Gasteiger partial charge in [-0.05, 0) is 48.5 Å². The molecule has 1 aromatic heterocycles. The maximum Gasteiger partial charge on any atom is 0.262 e. The van der Waals surface area contributed by atoms with Gasteiger partial charge < -0.3 is 14.5 Å². The summed E-state index contributed by atoms with van der Waals surface area (Å²) in [5.41, 5.74) is 1.23. The molecule has 29 heavy (non-hydrogen) atoms. The lowest BCUT2D eigenvalue weighted by Gasteiger charge is -2.08. The number of benzene rings is 3. The van der Waals surface area contributed by atoms with Gasteiger partial charge >= 0.3 is 0 Å². The number of anilines is 1. The fraction of sp³-hybridized carbons (Fsp3) is 0.0435. The number of carbonyl (C=O) groups excluding carboxylic acids is 2. The number of amides is 1. The lowest BCUT2D eigenvalue weighted by Crippen LogP contribution is -2.21. The van der Waals surface area contributed by atoms with Gasteiger partial charge in [0, 0.05) is 16.0 Å². The summed E-state index contributed by atoms with van der Waals surface area (Å²) in [5.74, 6) is -0.110. The topological polar surface area (TPSA) is 68.5 Å². The fourth-order valence-corrected chi connectivity index (χ4v) is 3.03. The highest BCUT2D eigenvalue weighted by atomic mass is 35.5. The van der Waals surface area contributed by atoms with Crippen LogP contribution in [-0.4, -0.2) is 18.3 Å². The molecule has 1 amide bonds. The van der Waals surface area contributed by atoms with E-state index in [1.54, 1.807) is 54.6 Å². The third-order valence-corrected chi connectivity index (χ3v) is 4.54. The van der Waals surface area contributed by atoms with E-state index in [1.165, 1.54) is 0 Å². The molecule has 3 aromatic carbocycles. The van der Waals surface area contributed by atoms with E-state index in [2.05, 4.69) is 5.32 Å². The highest BCUT2D eigenvalue weighted by Crippen LogP contribution is 2.32. The van der Waals surface area contributed by atoms with Crippen molar-refractivity contribution < 1.29 is 18.7 Å². The molecule has 4 aromatic rings. The summed E-state index contributed by atoms with van der Waals surface area (Å²) in [7, 11) is 0. The van der Waals surface area contributed by atoms with Gasteiger partial charge in [-0.2, -0.15) is 0 Å². The van der Waals surface area contributed by atoms with Crippen LogP contribution in [-0.2, 0) is 4.79 Å². The van der Waals surface area contributed by atoms with Crippen molar-refractivity contribution in [1.82, 2.24) is 0 Å². The predicted molar refractivity (Wildman–Crippen MR) is 112 cm³/mol. The molecule has 1 heterocycles. The SMILES string of the molecule is O=C(COc1ccccc1)Nc1c(C(=O)c2ccc(Cl)cc2)oc2ccccc12. The molecule has 0 radical (unpaired) electrons. The fourth-order valence-electron chi connectivity index (χ4n) is 2.90. The van der Waals surface area contributed by atoms with Crippen molar-refractivity contribution in [3.05, 3.63) is 95.2 Å². The summed E-state index contributed by atoms with van der Waals surface area (Å²) in [5, 5.41) is 3.92. The van der Waals surface area contributed by atoms with Crippen molar-refractivity contribution in [3.8, 4) is 5.75 Å². The first-order chi connectivity index (χ1) is 14.1. The normalized spacial score (nSPS) is 10.7. The Morgan fingerprint density at radius 1 is 0.897 bits per heavy atom. The number of halogens is 1. The Morgan fingerprint density at radius 3 is 2.34 bits per heavy atom. The highest BCUT2D eigenvalue weighted by molar-refractivity contribution is 6.30. The zero-order chi connectivity index (χ0) is 20.2. The van der Waals surface area contributed by atoms with Crippen LogP contribution in [0, 0.1) is 0 Å². The average molecular weight is 406 g/mol. The van der Waals surface area contributed by atoms with Crippen LogP contribution in [0.3, 0.4) is 0 Å². The first-order valence-corrected chi connectivity index (χ1v) is 9.29. The second kappa shape index (κ2) is 8.20. The number of hydrogen-bond donors (Lipinski definition) is 1. The molecule has 0 aliphatic rings. The Bertz CT molecular complexity index is 1170. The van der Waals surface area contributed by atoms with Gasteiger partial charge in [-0.1, -0.05) is 41.9 Å². The molecule has 4 rings (SSSR count). The van der Waals surface area contributed by atoms with Crippen molar-refractivity contribution in [2.45, 2.75) is 0 Å². The van der Waals surface area contributed by atoms with E-state index in [9.17, 15) is 9.59 Å². The number of hydrogen-bond acceptors (Lipinski definition) is 4. The second-order valence-electron chi connectivity index (χ2n) is 6.29. The summed E-state index contributed by atoms with van der Waals surface area (Å²) in [6.45, 7) is -0.196. The summed E-state index contributed by atoms with van der Waals surface area (Å²) in [6.07, 6.45) is 0. The van der Waals surface area contributed by atoms with E-state index < -0.39 is 5.91 Å². The Kier molecular flexibility index (Phi) is 5.31. The van der Waals surface area contributed by atoms with Gasteiger partial charge in [0.05, 0.1) is 5.69 Å². The van der Waals surface area contributed by atoms with Gasteiger partial charge in [-0.25, -0.2) is 0 Å². The van der Waals surface area contributed by atoms with E-state index in [0.29, 0.717) is 33.0 Å². The van der Waals surface area contributed by atoms with Crippen molar-refractivity contribution in [1.29, 1.82) is 0 Å². The second-order valence-corrected chi connectivity index (χ2v) is 6.72. The minimum absolute atomic E-state index is 0.0570. The molecular formula is C23H16ClNO4. The highest BCUT2D eigenvalue weighted by Gasteiger charge is 2.23. The molecular weight excluding hydrogens is 390 g/mol. The van der Waals surface area contributed by atoms with E-state index in [4.69, 9.17) is 20.8 Å². The van der Waals surface area contributed by atoms with Crippen molar-refractivity contribution >= 4 is 39.9 Å². The van der Waals surface area contributed by atoms with E-state index >= 15 is 0 Å². The number of carbonyl (C=O) groups is 2. The molecule has 6 heteroatoms. The smallest absolute Gasteiger partial charge is 0.262 e. The lowest BCUT2D eigenvalue weighted by molar-refractivity contribution is -0.118. The molecule has 0 atom stereocenters. The molecule has 0 bridgehead atoms. The number of ketones is 1. The van der Waals surface area contributed by atoms with E-state index in [0.717, 1.165) is 0 Å². The monoisotopic (exact) mass is 405 g/mol. The number of furan rings is 1. The molecule has 1 N–H and O–H groups in total. The summed E-state index contributed by atoms with van der Waals surface area (Å²) in [4.78, 5) is 25.5. The summed E-state index contributed by atoms with van der Waals surface area (Å²) < 4.78 is 11.3. The van der Waals surface area contributed by atoms with Gasteiger partial charge in [0.15, 0.2) is 12.4 Å². The molecule has 5 nitrogen and oxygen atoms in total. The van der Waals surface area contributed by atoms with Crippen LogP contribution in [0.4, 0.5) is 5.69 Å². The number of nitrogens with one attached hydrogen (secondary N) is 1. The van der Waals surface area contributed by atoms with Crippen LogP contribution in [0.25, 0.3) is 11.0 Å². The largest absolute Gasteiger partial charge is 0.484 e. The van der Waals surface area contributed by atoms with Gasteiger partial charge in [-0.3, -0.25) is 9.59 Å². The summed E-state index contributed by atoms with van der Waals surface area (Å²) >= 11 is 5.91. The molecule has 0 aliphatic heterocycles. The molecule has 144 valence electrons. The maximum absolute atomic E-state index is 13.0. The Hall–Kier alpha value is -3.57. The summed E-state index contributed by atoms with van der Waals surface area (Å²) in [6, 6.07) is 22.6. The minimum Gasteiger partial charge on any atom is -0.484 e. The van der Waals surface area contributed by atoms with Crippen LogP contribution >= 0.6 is 11.6 Å². The zero-order valence-corrected chi connectivity index (χ0v) is 16.0. The molecule has 0 aliphatic carbocycles. The number of rotatable bonds is 6. The lowest BCUT2D eigenvalue weighted by atomic mass is 10.1. The van der Waals surface area contributed by atoms with Crippen LogP contribution in [0.5, 0.6) is 5.75 Å². The number of para-hydroxylation sites is 2. The average Bonchev–Trinajstić information content (AvgIpc) is 3.11. The molecule has 0 saturated carbocycles. The van der Waals surface area contributed by atoms with Gasteiger partial charge in [0.2, 0.25) is 5.78 Å². The van der Waals surface area contributed by atoms with Crippen LogP contribution in [0.15, 0.2) is 83.3 Å². The molecule has 0 fully saturated rings. The standard InChI is InChI=1S/C23H16ClNO4/c24-16-12-10-15(11-13-16)22(27)23-21(18-8-4-5-9-19(18)29-23)25-20(26)14-28-17-6-2-1-3-7-17/h1-13H,14H2,(H,25,26). The van der Waals surface area contributed by atoms with Crippen LogP contribution < -0.4 is 10.1 Å². The van der Waals surface area contributed by atoms with Crippen molar-refractivity contribution in [2.75, 3.05) is 11.9 Å². The number of ether oxygens (including phenoxy) is 1. The van der Waals surface area contributed by atoms with Crippen molar-refractivity contribution in [2.24, 2.45) is 0 Å². The Balaban J connectivity index is 1.62. The van der Waals surface area contributed by atoms with Crippen LogP contribution in [0.2, 0.25) is 5.02 Å². The van der Waals surface area contributed by atoms with Gasteiger partial charge in [0.1, 0.15) is 11.3 Å². The quantitative estimate of drug-likeness (QED) is 0.440. The van der Waals surface area contributed by atoms with Crippen molar-refractivity contribution in [3.63, 3.8) is 0 Å². The third-order valence-electron chi connectivity index (χ3n) is 4.29. The Morgan fingerprint density at radius 2 is 1.59 bits per heavy atom. The van der Waals surface area contributed by atoms with Gasteiger partial charge in [0.25, 0.3) is 5.91 Å². The molecule has 0 spiro atoms. The number of fused-ring (bicyclic) bond motifs is 1. The predicted octanol–water partition coefficient (Wildman–Crippen LogP) is 5.33. The first-order valence-electron chi connectivity index (χ1n) is 8.91.